The van der Waals surface area contributed by atoms with Crippen LogP contribution in [0.3, 0.4) is 0 Å². The highest BCUT2D eigenvalue weighted by Gasteiger charge is 2.15. The Morgan fingerprint density at radius 1 is 0.960 bits per heavy atom. The van der Waals surface area contributed by atoms with Crippen LogP contribution in [0, 0.1) is 0 Å². The molecule has 1 unspecified atom stereocenters. The highest BCUT2D eigenvalue weighted by molar-refractivity contribution is 8.18. The number of likely N-dealkylation sites (N-methyl/N-ethyl adjacent to an activating group) is 1. The molecule has 0 aliphatic carbocycles. The van der Waals surface area contributed by atoms with Crippen LogP contribution in [0.4, 0.5) is 0 Å². The number of thioether (sulfide) groups is 1. The molecule has 0 amide bonds. The summed E-state index contributed by atoms with van der Waals surface area (Å²) in [7, 11) is 3.70. The first-order valence-corrected chi connectivity index (χ1v) is 11.2. The van der Waals surface area contributed by atoms with Gasteiger partial charge in [0.25, 0.3) is 0 Å². The lowest BCUT2D eigenvalue weighted by Crippen LogP contribution is -2.16. The third-order valence-corrected chi connectivity index (χ3v) is 7.95. The van der Waals surface area contributed by atoms with E-state index in [4.69, 9.17) is 0 Å². The maximum atomic E-state index is 11.5. The van der Waals surface area contributed by atoms with E-state index in [-0.39, 0.29) is 5.12 Å². The molecule has 0 bridgehead atoms. The summed E-state index contributed by atoms with van der Waals surface area (Å²) in [6, 6.07) is 17.9. The minimum atomic E-state index is -0.503. The van der Waals surface area contributed by atoms with Crippen LogP contribution < -0.4 is 10.6 Å². The van der Waals surface area contributed by atoms with Crippen LogP contribution in [0.5, 0.6) is 0 Å². The van der Waals surface area contributed by atoms with Crippen LogP contribution >= 0.6 is 19.7 Å². The average molecular weight is 374 g/mol. The van der Waals surface area contributed by atoms with Gasteiger partial charge in [0.05, 0.1) is 0 Å². The van der Waals surface area contributed by atoms with Gasteiger partial charge >= 0.3 is 0 Å². The molecule has 134 valence electrons. The van der Waals surface area contributed by atoms with Gasteiger partial charge in [-0.15, -0.1) is 0 Å². The Bertz CT molecular complexity index is 667. The van der Waals surface area contributed by atoms with Crippen molar-refractivity contribution < 1.29 is 4.79 Å². The van der Waals surface area contributed by atoms with Gasteiger partial charge in [0.1, 0.15) is 0 Å². The summed E-state index contributed by atoms with van der Waals surface area (Å²) >= 11 is 1.44. The molecule has 2 aromatic carbocycles. The minimum absolute atomic E-state index is 0.195. The fourth-order valence-corrected chi connectivity index (χ4v) is 6.31. The summed E-state index contributed by atoms with van der Waals surface area (Å²) in [5.74, 6) is 0. The molecule has 0 radical (unpaired) electrons. The molecule has 2 rings (SSSR count). The molecule has 0 heterocycles. The van der Waals surface area contributed by atoms with Gasteiger partial charge < -0.3 is 4.90 Å². The fraction of sp³-hybridized carbons (Fsp3) is 0.381. The van der Waals surface area contributed by atoms with E-state index in [0.29, 0.717) is 0 Å². The third-order valence-electron chi connectivity index (χ3n) is 4.15. The molecule has 2 aromatic rings. The predicted molar refractivity (Wildman–Crippen MR) is 114 cm³/mol. The van der Waals surface area contributed by atoms with Crippen molar-refractivity contribution in [3.05, 3.63) is 59.7 Å². The first kappa shape index (κ1) is 20.2. The van der Waals surface area contributed by atoms with E-state index in [2.05, 4.69) is 74.4 Å². The molecule has 0 N–H and O–H groups in total. The summed E-state index contributed by atoms with van der Waals surface area (Å²) < 4.78 is 0. The number of hydrogen-bond donors (Lipinski definition) is 0. The van der Waals surface area contributed by atoms with Crippen LogP contribution in [0.2, 0.25) is 0 Å². The van der Waals surface area contributed by atoms with E-state index in [1.165, 1.54) is 33.5 Å². The minimum Gasteiger partial charge on any atom is -0.309 e. The third kappa shape index (κ3) is 6.58. The Morgan fingerprint density at radius 2 is 1.48 bits per heavy atom. The Labute approximate surface area is 157 Å². The second-order valence-electron chi connectivity index (χ2n) is 6.43. The molecule has 0 saturated carbocycles. The van der Waals surface area contributed by atoms with E-state index < -0.39 is 7.92 Å². The van der Waals surface area contributed by atoms with Crippen LogP contribution in [-0.2, 0) is 17.6 Å². The zero-order chi connectivity index (χ0) is 18.2. The molecule has 0 aliphatic rings. The first-order valence-electron chi connectivity index (χ1n) is 8.73. The van der Waals surface area contributed by atoms with Gasteiger partial charge in [-0.25, -0.2) is 0 Å². The number of aryl methyl sites for hydroxylation is 1. The number of hydrogen-bond acceptors (Lipinski definition) is 3. The zero-order valence-corrected chi connectivity index (χ0v) is 17.4. The summed E-state index contributed by atoms with van der Waals surface area (Å²) in [4.78, 5) is 13.7. The van der Waals surface area contributed by atoms with E-state index >= 15 is 0 Å². The summed E-state index contributed by atoms with van der Waals surface area (Å²) in [6.45, 7) is 4.89. The van der Waals surface area contributed by atoms with Gasteiger partial charge in [-0.1, -0.05) is 67.2 Å². The van der Waals surface area contributed by atoms with Crippen molar-refractivity contribution in [3.8, 4) is 0 Å². The molecule has 2 nitrogen and oxygen atoms in total. The zero-order valence-electron chi connectivity index (χ0n) is 15.7. The van der Waals surface area contributed by atoms with Gasteiger partial charge in [-0.3, -0.25) is 4.79 Å². The predicted octanol–water partition coefficient (Wildman–Crippen LogP) is 4.02. The number of rotatable bonds is 8. The monoisotopic (exact) mass is 373 g/mol. The van der Waals surface area contributed by atoms with Crippen molar-refractivity contribution in [1.82, 2.24) is 4.90 Å². The highest BCUT2D eigenvalue weighted by Crippen LogP contribution is 2.37. The van der Waals surface area contributed by atoms with E-state index in [9.17, 15) is 4.79 Å². The van der Waals surface area contributed by atoms with Gasteiger partial charge in [0.15, 0.2) is 5.12 Å². The SMILES string of the molecule is CCc1ccc(P(CSC(C)=O)c2ccc(CCN(C)C)cc2)cc1. The van der Waals surface area contributed by atoms with Crippen molar-refractivity contribution >= 4 is 35.4 Å². The van der Waals surface area contributed by atoms with Crippen molar-refractivity contribution in [2.24, 2.45) is 0 Å². The number of benzene rings is 2. The number of carbonyl (C=O) groups is 1. The van der Waals surface area contributed by atoms with Gasteiger partial charge in [-0.2, -0.15) is 0 Å². The molecule has 25 heavy (non-hydrogen) atoms. The van der Waals surface area contributed by atoms with Crippen molar-refractivity contribution in [2.45, 2.75) is 26.7 Å². The molecule has 0 fully saturated rings. The normalized spacial score (nSPS) is 12.4. The van der Waals surface area contributed by atoms with E-state index in [0.717, 1.165) is 24.9 Å². The molecular weight excluding hydrogens is 345 g/mol. The summed E-state index contributed by atoms with van der Waals surface area (Å²) in [5.41, 5.74) is 3.58. The maximum Gasteiger partial charge on any atom is 0.186 e. The van der Waals surface area contributed by atoms with Crippen molar-refractivity contribution in [1.29, 1.82) is 0 Å². The average Bonchev–Trinajstić information content (AvgIpc) is 2.61. The molecule has 4 heteroatoms. The lowest BCUT2D eigenvalue weighted by molar-refractivity contribution is -0.109. The Hall–Kier alpha value is -1.15. The molecular formula is C21H28NOPS. The highest BCUT2D eigenvalue weighted by atomic mass is 32.2. The topological polar surface area (TPSA) is 20.3 Å². The lowest BCUT2D eigenvalue weighted by Gasteiger charge is -2.19. The summed E-state index contributed by atoms with van der Waals surface area (Å²) in [5, 5.41) is 2.89. The first-order chi connectivity index (χ1) is 12.0. The second kappa shape index (κ2) is 10.1. The van der Waals surface area contributed by atoms with Crippen LogP contribution in [0.1, 0.15) is 25.0 Å². The van der Waals surface area contributed by atoms with Gasteiger partial charge in [0, 0.05) is 19.0 Å². The van der Waals surface area contributed by atoms with Gasteiger partial charge in [0.2, 0.25) is 0 Å². The molecule has 1 atom stereocenters. The summed E-state index contributed by atoms with van der Waals surface area (Å²) in [6.07, 6.45) is 2.12. The Morgan fingerprint density at radius 3 is 1.92 bits per heavy atom. The van der Waals surface area contributed by atoms with Crippen LogP contribution in [0.15, 0.2) is 48.5 Å². The molecule has 0 aliphatic heterocycles. The molecule has 0 spiro atoms. The van der Waals surface area contributed by atoms with Crippen LogP contribution in [-0.4, -0.2) is 36.1 Å². The number of nitrogens with zero attached hydrogens (tertiary/aromatic N) is 1. The molecule has 0 saturated heterocycles. The largest absolute Gasteiger partial charge is 0.309 e. The smallest absolute Gasteiger partial charge is 0.186 e. The van der Waals surface area contributed by atoms with E-state index in [1.807, 2.05) is 0 Å². The lowest BCUT2D eigenvalue weighted by atomic mass is 10.1. The Balaban J connectivity index is 2.20. The van der Waals surface area contributed by atoms with E-state index in [1.54, 1.807) is 6.92 Å². The quantitative estimate of drug-likeness (QED) is 0.652. The van der Waals surface area contributed by atoms with Crippen molar-refractivity contribution in [3.63, 3.8) is 0 Å². The second-order valence-corrected chi connectivity index (χ2v) is 10.2. The standard InChI is InChI=1S/C21H28NOPS/c1-5-18-6-10-20(11-7-18)24(16-25-17(2)23)21-12-8-19(9-13-21)14-15-22(3)4/h6-13H,5,14-16H2,1-4H3. The Kier molecular flexibility index (Phi) is 8.15. The maximum absolute atomic E-state index is 11.5. The van der Waals surface area contributed by atoms with Gasteiger partial charge in [-0.05, 0) is 56.6 Å². The van der Waals surface area contributed by atoms with Crippen LogP contribution in [0.25, 0.3) is 0 Å². The molecule has 0 aromatic heterocycles. The van der Waals surface area contributed by atoms with Crippen molar-refractivity contribution in [2.75, 3.05) is 26.1 Å². The fourth-order valence-electron chi connectivity index (χ4n) is 2.56. The number of carbonyl (C=O) groups excluding carboxylic acids is 1.